The maximum absolute atomic E-state index is 12.0. The number of carbonyl (C=O) groups is 1. The molecule has 0 saturated carbocycles. The second-order valence-electron chi connectivity index (χ2n) is 4.61. The highest BCUT2D eigenvalue weighted by atomic mass is 16.5. The Hall–Kier alpha value is -2.81. The molecule has 22 heavy (non-hydrogen) atoms. The Morgan fingerprint density at radius 2 is 1.82 bits per heavy atom. The molecule has 0 fully saturated rings. The van der Waals surface area contributed by atoms with Gasteiger partial charge in [-0.05, 0) is 30.7 Å². The van der Waals surface area contributed by atoms with Gasteiger partial charge >= 0.3 is 5.97 Å². The molecule has 0 aromatic heterocycles. The number of hydrogen-bond acceptors (Lipinski definition) is 3. The summed E-state index contributed by atoms with van der Waals surface area (Å²) in [5, 5.41) is 3.29. The predicted molar refractivity (Wildman–Crippen MR) is 92.3 cm³/mol. The van der Waals surface area contributed by atoms with E-state index in [0.717, 1.165) is 16.8 Å². The molecule has 0 spiro atoms. The fourth-order valence-corrected chi connectivity index (χ4v) is 2.22. The lowest BCUT2D eigenvalue weighted by Crippen LogP contribution is -2.08. The standard InChI is InChI=1S/C19H19NO2/c1-4-14-10-9-13-17(15(14)5-2)20-18-12-8-7-11-16(18)19(21)22-6-3/h4-5,7-13,20H,1-2,6H2,3H3. The first-order valence-corrected chi connectivity index (χ1v) is 7.12. The second-order valence-corrected chi connectivity index (χ2v) is 4.61. The zero-order valence-corrected chi connectivity index (χ0v) is 12.6. The molecule has 0 aliphatic heterocycles. The first-order chi connectivity index (χ1) is 10.7. The zero-order valence-electron chi connectivity index (χ0n) is 12.6. The minimum Gasteiger partial charge on any atom is -0.462 e. The van der Waals surface area contributed by atoms with Gasteiger partial charge in [0.1, 0.15) is 0 Å². The zero-order chi connectivity index (χ0) is 15.9. The molecule has 0 aliphatic carbocycles. The van der Waals surface area contributed by atoms with E-state index in [1.165, 1.54) is 0 Å². The highest BCUT2D eigenvalue weighted by molar-refractivity contribution is 5.97. The van der Waals surface area contributed by atoms with Crippen LogP contribution in [0.25, 0.3) is 12.2 Å². The summed E-state index contributed by atoms with van der Waals surface area (Å²) in [6.07, 6.45) is 3.55. The number of ether oxygens (including phenoxy) is 1. The van der Waals surface area contributed by atoms with Crippen molar-refractivity contribution in [1.82, 2.24) is 0 Å². The van der Waals surface area contributed by atoms with E-state index >= 15 is 0 Å². The van der Waals surface area contributed by atoms with Crippen molar-refractivity contribution in [3.05, 3.63) is 72.3 Å². The third-order valence-corrected chi connectivity index (χ3v) is 3.26. The molecule has 0 radical (unpaired) electrons. The molecule has 3 heteroatoms. The largest absolute Gasteiger partial charge is 0.462 e. The molecule has 3 nitrogen and oxygen atoms in total. The molecule has 0 bridgehead atoms. The summed E-state index contributed by atoms with van der Waals surface area (Å²) >= 11 is 0. The molecule has 1 N–H and O–H groups in total. The predicted octanol–water partition coefficient (Wildman–Crippen LogP) is 4.89. The lowest BCUT2D eigenvalue weighted by Gasteiger charge is -2.14. The van der Waals surface area contributed by atoms with Crippen molar-refractivity contribution in [2.75, 3.05) is 11.9 Å². The van der Waals surface area contributed by atoms with Gasteiger partial charge in [-0.25, -0.2) is 4.79 Å². The summed E-state index contributed by atoms with van der Waals surface area (Å²) in [5.41, 5.74) is 3.99. The second kappa shape index (κ2) is 7.27. The van der Waals surface area contributed by atoms with Crippen LogP contribution in [0.4, 0.5) is 11.4 Å². The molecule has 0 unspecified atom stereocenters. The number of rotatable bonds is 6. The van der Waals surface area contributed by atoms with Crippen LogP contribution in [-0.4, -0.2) is 12.6 Å². The minimum absolute atomic E-state index is 0.342. The third kappa shape index (κ3) is 3.26. The number of benzene rings is 2. The van der Waals surface area contributed by atoms with Crippen molar-refractivity contribution >= 4 is 29.5 Å². The van der Waals surface area contributed by atoms with E-state index < -0.39 is 0 Å². The van der Waals surface area contributed by atoms with Gasteiger partial charge in [-0.1, -0.05) is 49.6 Å². The SMILES string of the molecule is C=Cc1cccc(Nc2ccccc2C(=O)OCC)c1C=C. The van der Waals surface area contributed by atoms with Crippen molar-refractivity contribution in [2.45, 2.75) is 6.92 Å². The first kappa shape index (κ1) is 15.6. The van der Waals surface area contributed by atoms with Crippen LogP contribution < -0.4 is 5.32 Å². The molecule has 0 heterocycles. The normalized spacial score (nSPS) is 9.86. The molecule has 112 valence electrons. The summed E-state index contributed by atoms with van der Waals surface area (Å²) in [6.45, 7) is 9.79. The molecule has 0 atom stereocenters. The lowest BCUT2D eigenvalue weighted by atomic mass is 10.0. The van der Waals surface area contributed by atoms with Crippen molar-refractivity contribution in [3.63, 3.8) is 0 Å². The maximum Gasteiger partial charge on any atom is 0.340 e. The van der Waals surface area contributed by atoms with Crippen LogP contribution >= 0.6 is 0 Å². The minimum atomic E-state index is -0.342. The summed E-state index contributed by atoms with van der Waals surface area (Å²) in [6, 6.07) is 13.1. The Morgan fingerprint density at radius 3 is 2.50 bits per heavy atom. The summed E-state index contributed by atoms with van der Waals surface area (Å²) < 4.78 is 5.09. The fraction of sp³-hybridized carbons (Fsp3) is 0.105. The van der Waals surface area contributed by atoms with E-state index in [1.807, 2.05) is 36.4 Å². The molecule has 2 aromatic rings. The van der Waals surface area contributed by atoms with Gasteiger partial charge in [0.2, 0.25) is 0 Å². The van der Waals surface area contributed by atoms with Gasteiger partial charge in [0, 0.05) is 11.3 Å². The van der Waals surface area contributed by atoms with E-state index in [9.17, 15) is 4.79 Å². The Labute approximate surface area is 130 Å². The van der Waals surface area contributed by atoms with Crippen LogP contribution in [0.3, 0.4) is 0 Å². The molecule has 2 aromatic carbocycles. The van der Waals surface area contributed by atoms with E-state index in [4.69, 9.17) is 4.74 Å². The highest BCUT2D eigenvalue weighted by Crippen LogP contribution is 2.27. The summed E-state index contributed by atoms with van der Waals surface area (Å²) in [4.78, 5) is 12.0. The van der Waals surface area contributed by atoms with Gasteiger partial charge < -0.3 is 10.1 Å². The monoisotopic (exact) mass is 293 g/mol. The summed E-state index contributed by atoms with van der Waals surface area (Å²) in [5.74, 6) is -0.342. The smallest absolute Gasteiger partial charge is 0.340 e. The Bertz CT molecular complexity index is 704. The maximum atomic E-state index is 12.0. The van der Waals surface area contributed by atoms with E-state index in [1.54, 1.807) is 25.1 Å². The van der Waals surface area contributed by atoms with E-state index in [2.05, 4.69) is 18.5 Å². The van der Waals surface area contributed by atoms with Crippen molar-refractivity contribution in [2.24, 2.45) is 0 Å². The Morgan fingerprint density at radius 1 is 1.09 bits per heavy atom. The van der Waals surface area contributed by atoms with Crippen LogP contribution in [0.15, 0.2) is 55.6 Å². The third-order valence-electron chi connectivity index (χ3n) is 3.26. The quantitative estimate of drug-likeness (QED) is 0.770. The summed E-state index contributed by atoms with van der Waals surface area (Å²) in [7, 11) is 0. The van der Waals surface area contributed by atoms with Gasteiger partial charge in [-0.15, -0.1) is 0 Å². The van der Waals surface area contributed by atoms with Crippen LogP contribution in [0, 0.1) is 0 Å². The highest BCUT2D eigenvalue weighted by Gasteiger charge is 2.13. The van der Waals surface area contributed by atoms with Gasteiger partial charge in [-0.3, -0.25) is 0 Å². The topological polar surface area (TPSA) is 38.3 Å². The van der Waals surface area contributed by atoms with Crippen LogP contribution in [0.1, 0.15) is 28.4 Å². The van der Waals surface area contributed by atoms with Gasteiger partial charge in [0.25, 0.3) is 0 Å². The van der Waals surface area contributed by atoms with Crippen molar-refractivity contribution < 1.29 is 9.53 Å². The molecule has 0 saturated heterocycles. The molecule has 0 aliphatic rings. The van der Waals surface area contributed by atoms with E-state index in [-0.39, 0.29) is 5.97 Å². The average Bonchev–Trinajstić information content (AvgIpc) is 2.55. The Balaban J connectivity index is 2.42. The number of hydrogen-bond donors (Lipinski definition) is 1. The number of carbonyl (C=O) groups excluding carboxylic acids is 1. The fourth-order valence-electron chi connectivity index (χ4n) is 2.22. The number of anilines is 2. The lowest BCUT2D eigenvalue weighted by molar-refractivity contribution is 0.0527. The van der Waals surface area contributed by atoms with Crippen LogP contribution in [-0.2, 0) is 4.74 Å². The molecular weight excluding hydrogens is 274 g/mol. The van der Waals surface area contributed by atoms with Crippen molar-refractivity contribution in [3.8, 4) is 0 Å². The molecular formula is C19H19NO2. The Kier molecular flexibility index (Phi) is 5.15. The average molecular weight is 293 g/mol. The number of esters is 1. The van der Waals surface area contributed by atoms with Crippen LogP contribution in [0.5, 0.6) is 0 Å². The number of nitrogens with one attached hydrogen (secondary N) is 1. The van der Waals surface area contributed by atoms with Crippen LogP contribution in [0.2, 0.25) is 0 Å². The number of para-hydroxylation sites is 1. The van der Waals surface area contributed by atoms with Gasteiger partial charge in [0.05, 0.1) is 17.9 Å². The van der Waals surface area contributed by atoms with Gasteiger partial charge in [-0.2, -0.15) is 0 Å². The molecule has 0 amide bonds. The first-order valence-electron chi connectivity index (χ1n) is 7.12. The van der Waals surface area contributed by atoms with Crippen molar-refractivity contribution in [1.29, 1.82) is 0 Å². The van der Waals surface area contributed by atoms with Gasteiger partial charge in [0.15, 0.2) is 0 Å². The van der Waals surface area contributed by atoms with E-state index in [0.29, 0.717) is 17.9 Å². The molecule has 2 rings (SSSR count).